The molecule has 1 aliphatic rings. The van der Waals surface area contributed by atoms with Gasteiger partial charge in [0, 0.05) is 29.4 Å². The Morgan fingerprint density at radius 2 is 2.00 bits per heavy atom. The number of amides is 1. The minimum Gasteiger partial charge on any atom is -0.496 e. The number of benzene rings is 1. The van der Waals surface area contributed by atoms with Gasteiger partial charge in [0.25, 0.3) is 5.91 Å². The molecule has 1 amide bonds. The lowest BCUT2D eigenvalue weighted by atomic mass is 10.1. The van der Waals surface area contributed by atoms with Crippen LogP contribution < -0.4 is 19.5 Å². The normalized spacial score (nSPS) is 12.3. The van der Waals surface area contributed by atoms with Crippen LogP contribution in [0.3, 0.4) is 0 Å². The van der Waals surface area contributed by atoms with Crippen LogP contribution in [0.1, 0.15) is 24.2 Å². The molecule has 0 radical (unpaired) electrons. The van der Waals surface area contributed by atoms with E-state index in [2.05, 4.69) is 10.3 Å². The van der Waals surface area contributed by atoms with Gasteiger partial charge in [-0.05, 0) is 32.0 Å². The van der Waals surface area contributed by atoms with Gasteiger partial charge in [0.1, 0.15) is 5.75 Å². The average molecular weight is 314 g/mol. The number of pyridine rings is 1. The number of methoxy groups -OCH3 is 1. The number of hydrogen-bond donors (Lipinski definition) is 1. The monoisotopic (exact) mass is 314 g/mol. The third-order valence-electron chi connectivity index (χ3n) is 3.41. The van der Waals surface area contributed by atoms with E-state index in [1.165, 1.54) is 0 Å². The molecule has 1 aromatic heterocycles. The maximum absolute atomic E-state index is 12.2. The van der Waals surface area contributed by atoms with Crippen molar-refractivity contribution in [3.05, 3.63) is 36.0 Å². The van der Waals surface area contributed by atoms with Crippen molar-refractivity contribution in [3.8, 4) is 28.5 Å². The molecule has 0 atom stereocenters. The van der Waals surface area contributed by atoms with Gasteiger partial charge in [-0.3, -0.25) is 9.78 Å². The van der Waals surface area contributed by atoms with E-state index in [4.69, 9.17) is 14.2 Å². The predicted molar refractivity (Wildman–Crippen MR) is 85.0 cm³/mol. The number of rotatable bonds is 4. The van der Waals surface area contributed by atoms with E-state index in [-0.39, 0.29) is 18.7 Å². The Balaban J connectivity index is 2.00. The molecule has 1 N–H and O–H groups in total. The molecule has 2 aromatic rings. The summed E-state index contributed by atoms with van der Waals surface area (Å²) in [7, 11) is 1.58. The average Bonchev–Trinajstić information content (AvgIpc) is 3.00. The van der Waals surface area contributed by atoms with Crippen LogP contribution >= 0.6 is 0 Å². The highest BCUT2D eigenvalue weighted by atomic mass is 16.7. The Bertz CT molecular complexity index is 743. The van der Waals surface area contributed by atoms with Crippen molar-refractivity contribution in [1.82, 2.24) is 10.3 Å². The van der Waals surface area contributed by atoms with Crippen molar-refractivity contribution in [2.75, 3.05) is 13.9 Å². The Kier molecular flexibility index (Phi) is 4.06. The van der Waals surface area contributed by atoms with Gasteiger partial charge in [-0.25, -0.2) is 0 Å². The number of ether oxygens (including phenoxy) is 3. The first-order chi connectivity index (χ1) is 11.1. The van der Waals surface area contributed by atoms with E-state index >= 15 is 0 Å². The van der Waals surface area contributed by atoms with E-state index in [0.717, 1.165) is 5.56 Å². The van der Waals surface area contributed by atoms with Crippen LogP contribution in [-0.4, -0.2) is 30.8 Å². The molecule has 23 heavy (non-hydrogen) atoms. The van der Waals surface area contributed by atoms with Crippen LogP contribution in [0.2, 0.25) is 0 Å². The minimum absolute atomic E-state index is 0.0687. The molecule has 2 heterocycles. The highest BCUT2D eigenvalue weighted by Gasteiger charge is 2.20. The van der Waals surface area contributed by atoms with Crippen LogP contribution in [0.15, 0.2) is 30.5 Å². The number of carbonyl (C=O) groups is 1. The van der Waals surface area contributed by atoms with Gasteiger partial charge in [0.05, 0.1) is 12.8 Å². The van der Waals surface area contributed by atoms with Gasteiger partial charge in [0.2, 0.25) is 6.79 Å². The van der Waals surface area contributed by atoms with Gasteiger partial charge in [-0.15, -0.1) is 0 Å². The Morgan fingerprint density at radius 1 is 1.26 bits per heavy atom. The highest BCUT2D eigenvalue weighted by molar-refractivity contribution is 5.95. The molecular formula is C17H18N2O4. The molecule has 0 fully saturated rings. The molecule has 0 saturated heterocycles. The van der Waals surface area contributed by atoms with Gasteiger partial charge in [0.15, 0.2) is 11.5 Å². The number of carbonyl (C=O) groups excluding carboxylic acids is 1. The summed E-state index contributed by atoms with van der Waals surface area (Å²) >= 11 is 0. The second-order valence-corrected chi connectivity index (χ2v) is 5.46. The fourth-order valence-corrected chi connectivity index (χ4v) is 2.36. The first-order valence-electron chi connectivity index (χ1n) is 7.33. The molecule has 120 valence electrons. The van der Waals surface area contributed by atoms with Crippen LogP contribution in [-0.2, 0) is 0 Å². The summed E-state index contributed by atoms with van der Waals surface area (Å²) < 4.78 is 16.2. The summed E-state index contributed by atoms with van der Waals surface area (Å²) in [6, 6.07) is 7.06. The maximum atomic E-state index is 12.2. The Labute approximate surface area is 134 Å². The van der Waals surface area contributed by atoms with Crippen LogP contribution in [0, 0.1) is 0 Å². The molecule has 3 rings (SSSR count). The lowest BCUT2D eigenvalue weighted by Crippen LogP contribution is -2.30. The summed E-state index contributed by atoms with van der Waals surface area (Å²) in [5.41, 5.74) is 1.93. The SMILES string of the molecule is COc1cc2c(cc1-c1cc(C(=O)NC(C)C)ccn1)OCO2. The third-order valence-corrected chi connectivity index (χ3v) is 3.41. The molecule has 0 bridgehead atoms. The first-order valence-corrected chi connectivity index (χ1v) is 7.33. The number of nitrogens with zero attached hydrogens (tertiary/aromatic N) is 1. The second-order valence-electron chi connectivity index (χ2n) is 5.46. The number of nitrogens with one attached hydrogen (secondary N) is 1. The lowest BCUT2D eigenvalue weighted by molar-refractivity contribution is 0.0943. The number of aromatic nitrogens is 1. The molecule has 1 aromatic carbocycles. The molecule has 0 saturated carbocycles. The predicted octanol–water partition coefficient (Wildman–Crippen LogP) is 2.62. The van der Waals surface area contributed by atoms with Crippen molar-refractivity contribution < 1.29 is 19.0 Å². The zero-order valence-corrected chi connectivity index (χ0v) is 13.3. The molecule has 6 nitrogen and oxygen atoms in total. The van der Waals surface area contributed by atoms with E-state index in [1.54, 1.807) is 31.5 Å². The van der Waals surface area contributed by atoms with E-state index in [9.17, 15) is 4.79 Å². The third kappa shape index (κ3) is 3.06. The summed E-state index contributed by atoms with van der Waals surface area (Å²) in [5.74, 6) is 1.76. The fraction of sp³-hybridized carbons (Fsp3) is 0.294. The van der Waals surface area contributed by atoms with E-state index in [0.29, 0.717) is 28.5 Å². The Hall–Kier alpha value is -2.76. The summed E-state index contributed by atoms with van der Waals surface area (Å²) in [6.07, 6.45) is 1.61. The van der Waals surface area contributed by atoms with Crippen molar-refractivity contribution in [2.45, 2.75) is 19.9 Å². The van der Waals surface area contributed by atoms with Gasteiger partial charge in [-0.2, -0.15) is 0 Å². The molecule has 6 heteroatoms. The summed E-state index contributed by atoms with van der Waals surface area (Å²) in [5, 5.41) is 2.87. The standard InChI is InChI=1S/C17H18N2O4/c1-10(2)19-17(20)11-4-5-18-13(6-11)12-7-15-16(23-9-22-15)8-14(12)21-3/h4-8,10H,9H2,1-3H3,(H,19,20). The summed E-state index contributed by atoms with van der Waals surface area (Å²) in [6.45, 7) is 4.02. The highest BCUT2D eigenvalue weighted by Crippen LogP contribution is 2.41. The fourth-order valence-electron chi connectivity index (χ4n) is 2.36. The molecular weight excluding hydrogens is 296 g/mol. The molecule has 0 unspecified atom stereocenters. The summed E-state index contributed by atoms with van der Waals surface area (Å²) in [4.78, 5) is 16.5. The molecule has 0 spiro atoms. The number of fused-ring (bicyclic) bond motifs is 1. The van der Waals surface area contributed by atoms with Crippen LogP contribution in [0.5, 0.6) is 17.2 Å². The lowest BCUT2D eigenvalue weighted by Gasteiger charge is -2.11. The van der Waals surface area contributed by atoms with Gasteiger partial charge < -0.3 is 19.5 Å². The number of hydrogen-bond acceptors (Lipinski definition) is 5. The zero-order chi connectivity index (χ0) is 16.4. The van der Waals surface area contributed by atoms with Crippen molar-refractivity contribution >= 4 is 5.91 Å². The zero-order valence-electron chi connectivity index (χ0n) is 13.3. The van der Waals surface area contributed by atoms with Crippen molar-refractivity contribution in [2.24, 2.45) is 0 Å². The van der Waals surface area contributed by atoms with Gasteiger partial charge in [-0.1, -0.05) is 0 Å². The van der Waals surface area contributed by atoms with E-state index in [1.807, 2.05) is 19.9 Å². The smallest absolute Gasteiger partial charge is 0.251 e. The Morgan fingerprint density at radius 3 is 2.70 bits per heavy atom. The molecule has 1 aliphatic heterocycles. The molecule has 0 aliphatic carbocycles. The largest absolute Gasteiger partial charge is 0.496 e. The van der Waals surface area contributed by atoms with E-state index < -0.39 is 0 Å². The van der Waals surface area contributed by atoms with Crippen LogP contribution in [0.25, 0.3) is 11.3 Å². The van der Waals surface area contributed by atoms with Crippen molar-refractivity contribution in [1.29, 1.82) is 0 Å². The maximum Gasteiger partial charge on any atom is 0.251 e. The van der Waals surface area contributed by atoms with Gasteiger partial charge >= 0.3 is 0 Å². The quantitative estimate of drug-likeness (QED) is 0.939. The topological polar surface area (TPSA) is 69.7 Å². The van der Waals surface area contributed by atoms with Crippen LogP contribution in [0.4, 0.5) is 0 Å². The minimum atomic E-state index is -0.136. The van der Waals surface area contributed by atoms with Crippen molar-refractivity contribution in [3.63, 3.8) is 0 Å². The second kappa shape index (κ2) is 6.16. The first kappa shape index (κ1) is 15.1.